The van der Waals surface area contributed by atoms with Crippen molar-refractivity contribution in [2.75, 3.05) is 0 Å². The average molecular weight is 676 g/mol. The lowest BCUT2D eigenvalue weighted by molar-refractivity contribution is -0.124. The van der Waals surface area contributed by atoms with E-state index in [1.165, 1.54) is 12.1 Å². The highest BCUT2D eigenvalue weighted by atomic mass is 79.9. The molecule has 0 aliphatic carbocycles. The Balaban J connectivity index is 1.41. The van der Waals surface area contributed by atoms with Gasteiger partial charge in [0.1, 0.15) is 24.4 Å². The second-order valence-electron chi connectivity index (χ2n) is 10.8. The predicted octanol–water partition coefficient (Wildman–Crippen LogP) is 6.34. The number of rotatable bonds is 11. The predicted molar refractivity (Wildman–Crippen MR) is 170 cm³/mol. The molecule has 2 atom stereocenters. The molecule has 5 rings (SSSR count). The summed E-state index contributed by atoms with van der Waals surface area (Å²) in [7, 11) is 0. The van der Waals surface area contributed by atoms with Crippen LogP contribution in [0, 0.1) is 5.92 Å². The van der Waals surface area contributed by atoms with Crippen molar-refractivity contribution in [1.82, 2.24) is 20.6 Å². The van der Waals surface area contributed by atoms with E-state index >= 15 is 0 Å². The summed E-state index contributed by atoms with van der Waals surface area (Å²) in [5, 5.41) is 26.0. The Bertz CT molecular complexity index is 1820. The van der Waals surface area contributed by atoms with Crippen LogP contribution in [0.15, 0.2) is 87.9 Å². The van der Waals surface area contributed by atoms with Crippen LogP contribution in [0.1, 0.15) is 47.4 Å². The molecule has 45 heavy (non-hydrogen) atoms. The number of carboxylic acid groups (broad SMARTS) is 1. The van der Waals surface area contributed by atoms with Gasteiger partial charge in [0.2, 0.25) is 11.8 Å². The number of aromatic amines is 1. The van der Waals surface area contributed by atoms with Crippen LogP contribution < -0.4 is 10.6 Å². The molecule has 12 heteroatoms. The smallest absolute Gasteiger partial charge is 0.408 e. The standard InChI is InChI=1S/C33H31BrN4O7/c1-18(2)26(31-38-28(32(41)42)29(45-31)23-16-35-27-22(23)9-6-10-24(27)34)37-30(40)25(15-19-11-13-21(39)14-12-19)36-33(43)44-17-20-7-4-3-5-8-20/h3-14,16,18,25-26,35,39H,15,17H2,1-2H3,(H,36,43)(H,37,40)(H,41,42)/t25-,26-/m0/s1. The summed E-state index contributed by atoms with van der Waals surface area (Å²) >= 11 is 3.49. The monoisotopic (exact) mass is 674 g/mol. The third-order valence-corrected chi connectivity index (χ3v) is 7.84. The first-order valence-electron chi connectivity index (χ1n) is 14.2. The first-order valence-corrected chi connectivity index (χ1v) is 15.0. The van der Waals surface area contributed by atoms with E-state index in [1.54, 1.807) is 18.3 Å². The number of H-pyrrole nitrogens is 1. The van der Waals surface area contributed by atoms with E-state index in [2.05, 4.69) is 36.5 Å². The number of aromatic nitrogens is 2. The highest BCUT2D eigenvalue weighted by Crippen LogP contribution is 2.36. The van der Waals surface area contributed by atoms with E-state index in [9.17, 15) is 24.6 Å². The number of benzene rings is 3. The zero-order valence-corrected chi connectivity index (χ0v) is 26.0. The van der Waals surface area contributed by atoms with Crippen LogP contribution in [0.4, 0.5) is 4.79 Å². The van der Waals surface area contributed by atoms with Crippen molar-refractivity contribution in [3.05, 3.63) is 106 Å². The Kier molecular flexibility index (Phi) is 9.53. The zero-order chi connectivity index (χ0) is 32.1. The van der Waals surface area contributed by atoms with Crippen molar-refractivity contribution in [2.45, 2.75) is 39.0 Å². The number of para-hydroxylation sites is 1. The van der Waals surface area contributed by atoms with Gasteiger partial charge in [0.05, 0.1) is 5.52 Å². The number of nitrogens with one attached hydrogen (secondary N) is 3. The maximum atomic E-state index is 13.8. The molecule has 232 valence electrons. The molecular weight excluding hydrogens is 644 g/mol. The lowest BCUT2D eigenvalue weighted by atomic mass is 10.0. The third-order valence-electron chi connectivity index (χ3n) is 7.18. The second kappa shape index (κ2) is 13.7. The number of phenolic OH excluding ortho intramolecular Hbond substituents is 1. The number of amides is 2. The van der Waals surface area contributed by atoms with Gasteiger partial charge in [-0.05, 0) is 51.2 Å². The van der Waals surface area contributed by atoms with Crippen LogP contribution in [0.3, 0.4) is 0 Å². The third kappa shape index (κ3) is 7.35. The maximum Gasteiger partial charge on any atom is 0.408 e. The molecule has 0 bridgehead atoms. The van der Waals surface area contributed by atoms with Gasteiger partial charge in [-0.15, -0.1) is 0 Å². The Labute approximate surface area is 266 Å². The Hall–Kier alpha value is -5.10. The van der Waals surface area contributed by atoms with Gasteiger partial charge in [-0.3, -0.25) is 4.79 Å². The number of hydrogen-bond donors (Lipinski definition) is 5. The molecule has 0 aliphatic heterocycles. The number of carbonyl (C=O) groups is 3. The molecule has 11 nitrogen and oxygen atoms in total. The fraction of sp³-hybridized carbons (Fsp3) is 0.212. The van der Waals surface area contributed by atoms with Gasteiger partial charge in [0.15, 0.2) is 11.5 Å². The number of ether oxygens (including phenoxy) is 1. The van der Waals surface area contributed by atoms with E-state index in [1.807, 2.05) is 62.4 Å². The number of carboxylic acids is 1. The first-order chi connectivity index (χ1) is 21.6. The molecule has 5 N–H and O–H groups in total. The molecule has 0 saturated heterocycles. The van der Waals surface area contributed by atoms with Gasteiger partial charge in [0, 0.05) is 28.0 Å². The van der Waals surface area contributed by atoms with Gasteiger partial charge in [-0.1, -0.05) is 68.4 Å². The SMILES string of the molecule is CC(C)[C@H](NC(=O)[C@H](Cc1ccc(O)cc1)NC(=O)OCc1ccccc1)c1nc(C(=O)O)c(-c2c[nH]c3c(Br)cccc23)o1. The summed E-state index contributed by atoms with van der Waals surface area (Å²) in [5.74, 6) is -2.02. The summed E-state index contributed by atoms with van der Waals surface area (Å²) in [4.78, 5) is 46.2. The van der Waals surface area contributed by atoms with Crippen LogP contribution in [0.5, 0.6) is 5.75 Å². The number of hydrogen-bond acceptors (Lipinski definition) is 7. The molecule has 0 aliphatic rings. The molecule has 2 aromatic heterocycles. The lowest BCUT2D eigenvalue weighted by Crippen LogP contribution is -2.49. The minimum absolute atomic E-state index is 0.00475. The van der Waals surface area contributed by atoms with Crippen molar-refractivity contribution in [3.63, 3.8) is 0 Å². The summed E-state index contributed by atoms with van der Waals surface area (Å²) in [6.07, 6.45) is 0.933. The molecule has 2 heterocycles. The maximum absolute atomic E-state index is 13.8. The minimum Gasteiger partial charge on any atom is -0.508 e. The molecule has 0 fully saturated rings. The average Bonchev–Trinajstić information content (AvgIpc) is 3.65. The van der Waals surface area contributed by atoms with Crippen LogP contribution in [0.2, 0.25) is 0 Å². The largest absolute Gasteiger partial charge is 0.508 e. The van der Waals surface area contributed by atoms with Crippen LogP contribution in [0.25, 0.3) is 22.2 Å². The topological polar surface area (TPSA) is 167 Å². The van der Waals surface area contributed by atoms with E-state index in [0.29, 0.717) is 11.1 Å². The molecule has 3 aromatic carbocycles. The second-order valence-corrected chi connectivity index (χ2v) is 11.6. The van der Waals surface area contributed by atoms with Gasteiger partial charge in [0.25, 0.3) is 0 Å². The molecule has 2 amide bonds. The van der Waals surface area contributed by atoms with Crippen molar-refractivity contribution in [2.24, 2.45) is 5.92 Å². The van der Waals surface area contributed by atoms with Crippen LogP contribution in [-0.2, 0) is 22.6 Å². The van der Waals surface area contributed by atoms with Crippen molar-refractivity contribution in [3.8, 4) is 17.1 Å². The summed E-state index contributed by atoms with van der Waals surface area (Å²) in [6, 6.07) is 19.0. The van der Waals surface area contributed by atoms with Gasteiger partial charge in [-0.2, -0.15) is 0 Å². The Morgan fingerprint density at radius 1 is 0.978 bits per heavy atom. The Morgan fingerprint density at radius 3 is 2.40 bits per heavy atom. The van der Waals surface area contributed by atoms with E-state index in [-0.39, 0.29) is 42.0 Å². The van der Waals surface area contributed by atoms with E-state index in [0.717, 1.165) is 20.9 Å². The van der Waals surface area contributed by atoms with Crippen LogP contribution in [-0.4, -0.2) is 44.2 Å². The summed E-state index contributed by atoms with van der Waals surface area (Å²) in [6.45, 7) is 3.67. The fourth-order valence-corrected chi connectivity index (χ4v) is 5.33. The van der Waals surface area contributed by atoms with Crippen molar-refractivity contribution in [1.29, 1.82) is 0 Å². The van der Waals surface area contributed by atoms with Crippen LogP contribution >= 0.6 is 15.9 Å². The summed E-state index contributed by atoms with van der Waals surface area (Å²) < 4.78 is 12.2. The van der Waals surface area contributed by atoms with E-state index < -0.39 is 30.1 Å². The first kappa shape index (κ1) is 31.3. The Morgan fingerprint density at radius 2 is 1.71 bits per heavy atom. The number of fused-ring (bicyclic) bond motifs is 1. The number of carbonyl (C=O) groups excluding carboxylic acids is 2. The van der Waals surface area contributed by atoms with Gasteiger partial charge in [-0.25, -0.2) is 14.6 Å². The van der Waals surface area contributed by atoms with Crippen molar-refractivity contribution >= 4 is 44.8 Å². The minimum atomic E-state index is -1.29. The molecular formula is C33H31BrN4O7. The quantitative estimate of drug-likeness (QED) is 0.108. The normalized spacial score (nSPS) is 12.5. The number of nitrogens with zero attached hydrogens (tertiary/aromatic N) is 1. The number of oxazole rings is 1. The summed E-state index contributed by atoms with van der Waals surface area (Å²) in [5.41, 5.74) is 2.43. The molecule has 0 unspecified atom stereocenters. The number of aromatic carboxylic acids is 1. The molecule has 5 aromatic rings. The number of alkyl carbamates (subject to hydrolysis) is 1. The fourth-order valence-electron chi connectivity index (χ4n) is 4.85. The van der Waals surface area contributed by atoms with Gasteiger partial charge < -0.3 is 35.0 Å². The van der Waals surface area contributed by atoms with Gasteiger partial charge >= 0.3 is 12.1 Å². The number of phenols is 1. The van der Waals surface area contributed by atoms with E-state index in [4.69, 9.17) is 9.15 Å². The van der Waals surface area contributed by atoms with Crippen molar-refractivity contribution < 1.29 is 33.8 Å². The lowest BCUT2D eigenvalue weighted by Gasteiger charge is -2.24. The molecule has 0 radical (unpaired) electrons. The highest BCUT2D eigenvalue weighted by molar-refractivity contribution is 9.10. The number of halogens is 1. The highest BCUT2D eigenvalue weighted by Gasteiger charge is 2.32. The number of aromatic hydroxyl groups is 1. The molecule has 0 spiro atoms. The molecule has 0 saturated carbocycles. The zero-order valence-electron chi connectivity index (χ0n) is 24.4.